The van der Waals surface area contributed by atoms with Gasteiger partial charge in [0.2, 0.25) is 5.91 Å². The fourth-order valence-electron chi connectivity index (χ4n) is 3.76. The van der Waals surface area contributed by atoms with Crippen LogP contribution in [0.4, 0.5) is 16.2 Å². The van der Waals surface area contributed by atoms with E-state index >= 15 is 0 Å². The molecule has 0 saturated carbocycles. The summed E-state index contributed by atoms with van der Waals surface area (Å²) in [6.45, 7) is 8.63. The Hall–Kier alpha value is -3.55. The zero-order valence-corrected chi connectivity index (χ0v) is 20.4. The molecule has 2 aromatic rings. The summed E-state index contributed by atoms with van der Waals surface area (Å²) in [5.74, 6) is -0.675. The van der Waals surface area contributed by atoms with Crippen molar-refractivity contribution < 1.29 is 23.9 Å². The van der Waals surface area contributed by atoms with E-state index in [4.69, 9.17) is 9.47 Å². The number of likely N-dealkylation sites (tertiary alicyclic amines) is 1. The van der Waals surface area contributed by atoms with Crippen molar-refractivity contribution in [1.82, 2.24) is 10.2 Å². The lowest BCUT2D eigenvalue weighted by Crippen LogP contribution is -2.37. The second-order valence-corrected chi connectivity index (χ2v) is 9.42. The lowest BCUT2D eigenvalue weighted by atomic mass is 10.1. The molecule has 2 N–H and O–H groups in total. The Bertz CT molecular complexity index is 1040. The number of esters is 1. The topological polar surface area (TPSA) is 97.0 Å². The van der Waals surface area contributed by atoms with E-state index in [1.807, 2.05) is 58.0 Å². The molecule has 1 unspecified atom stereocenters. The minimum Gasteiger partial charge on any atom is -0.465 e. The highest BCUT2D eigenvalue weighted by molar-refractivity contribution is 5.93. The van der Waals surface area contributed by atoms with Crippen molar-refractivity contribution in [1.29, 1.82) is 0 Å². The summed E-state index contributed by atoms with van der Waals surface area (Å²) >= 11 is 0. The average Bonchev–Trinajstić information content (AvgIpc) is 3.29. The summed E-state index contributed by atoms with van der Waals surface area (Å²) in [6, 6.07) is 13.1. The maximum absolute atomic E-state index is 12.6. The highest BCUT2D eigenvalue weighted by Crippen LogP contribution is 2.24. The molecule has 2 amide bonds. The van der Waals surface area contributed by atoms with Gasteiger partial charge in [-0.05, 0) is 69.5 Å². The van der Waals surface area contributed by atoms with Gasteiger partial charge in [0.1, 0.15) is 5.60 Å². The van der Waals surface area contributed by atoms with Gasteiger partial charge < -0.3 is 25.0 Å². The number of hydrogen-bond donors (Lipinski definition) is 2. The molecule has 1 aliphatic heterocycles. The Kier molecular flexibility index (Phi) is 7.81. The van der Waals surface area contributed by atoms with Gasteiger partial charge in [-0.3, -0.25) is 4.79 Å². The summed E-state index contributed by atoms with van der Waals surface area (Å²) < 4.78 is 10.2. The van der Waals surface area contributed by atoms with Crippen molar-refractivity contribution in [3.63, 3.8) is 0 Å². The van der Waals surface area contributed by atoms with E-state index in [-0.39, 0.29) is 23.9 Å². The molecule has 182 valence electrons. The van der Waals surface area contributed by atoms with Crippen LogP contribution >= 0.6 is 0 Å². The van der Waals surface area contributed by atoms with Gasteiger partial charge in [-0.25, -0.2) is 9.59 Å². The van der Waals surface area contributed by atoms with Crippen LogP contribution in [0.2, 0.25) is 0 Å². The number of amides is 2. The van der Waals surface area contributed by atoms with Crippen LogP contribution in [0.25, 0.3) is 0 Å². The predicted octanol–water partition coefficient (Wildman–Crippen LogP) is 4.40. The molecule has 3 rings (SSSR count). The zero-order valence-electron chi connectivity index (χ0n) is 20.4. The maximum atomic E-state index is 12.6. The van der Waals surface area contributed by atoms with E-state index < -0.39 is 5.60 Å². The third-order valence-electron chi connectivity index (χ3n) is 5.65. The first kappa shape index (κ1) is 25.1. The number of methoxy groups -OCH3 is 1. The zero-order chi connectivity index (χ0) is 24.9. The van der Waals surface area contributed by atoms with E-state index in [1.54, 1.807) is 17.0 Å². The molecule has 1 saturated heterocycles. The smallest absolute Gasteiger partial charge is 0.410 e. The third kappa shape index (κ3) is 6.50. The van der Waals surface area contributed by atoms with Crippen molar-refractivity contribution in [3.05, 3.63) is 59.2 Å². The molecule has 1 aliphatic rings. The molecule has 0 spiro atoms. The Morgan fingerprint density at radius 3 is 2.44 bits per heavy atom. The Labute approximate surface area is 200 Å². The van der Waals surface area contributed by atoms with Crippen LogP contribution < -0.4 is 10.6 Å². The van der Waals surface area contributed by atoms with Crippen LogP contribution in [0.1, 0.15) is 48.7 Å². The number of nitrogens with one attached hydrogen (secondary N) is 2. The first-order chi connectivity index (χ1) is 16.1. The van der Waals surface area contributed by atoms with Crippen LogP contribution in [0, 0.1) is 12.8 Å². The highest BCUT2D eigenvalue weighted by Gasteiger charge is 2.33. The SMILES string of the molecule is COC(=O)c1cccc(Nc2ccc(CNC(=O)C3CCN(C(=O)OC(C)(C)C)C3)cc2)c1C. The van der Waals surface area contributed by atoms with E-state index in [0.717, 1.165) is 22.5 Å². The Balaban J connectivity index is 1.52. The number of benzene rings is 2. The van der Waals surface area contributed by atoms with Gasteiger partial charge in [0.25, 0.3) is 0 Å². The van der Waals surface area contributed by atoms with Gasteiger partial charge in [-0.1, -0.05) is 18.2 Å². The second kappa shape index (κ2) is 10.6. The number of ether oxygens (including phenoxy) is 2. The van der Waals surface area contributed by atoms with Crippen LogP contribution in [-0.4, -0.2) is 48.7 Å². The van der Waals surface area contributed by atoms with E-state index in [0.29, 0.717) is 31.6 Å². The molecule has 8 nitrogen and oxygen atoms in total. The molecule has 0 bridgehead atoms. The lowest BCUT2D eigenvalue weighted by Gasteiger charge is -2.24. The monoisotopic (exact) mass is 467 g/mol. The van der Waals surface area contributed by atoms with Crippen molar-refractivity contribution in [3.8, 4) is 0 Å². The largest absolute Gasteiger partial charge is 0.465 e. The fraction of sp³-hybridized carbons (Fsp3) is 0.423. The molecule has 0 radical (unpaired) electrons. The van der Waals surface area contributed by atoms with Crippen LogP contribution in [0.5, 0.6) is 0 Å². The Morgan fingerprint density at radius 1 is 1.09 bits per heavy atom. The van der Waals surface area contributed by atoms with Gasteiger partial charge in [0, 0.05) is 31.0 Å². The van der Waals surface area contributed by atoms with Gasteiger partial charge in [-0.15, -0.1) is 0 Å². The van der Waals surface area contributed by atoms with Gasteiger partial charge >= 0.3 is 12.1 Å². The molecule has 0 aromatic heterocycles. The summed E-state index contributed by atoms with van der Waals surface area (Å²) in [7, 11) is 1.36. The van der Waals surface area contributed by atoms with Crippen LogP contribution in [0.3, 0.4) is 0 Å². The maximum Gasteiger partial charge on any atom is 0.410 e. The van der Waals surface area contributed by atoms with Gasteiger partial charge in [-0.2, -0.15) is 0 Å². The molecular formula is C26H33N3O5. The molecule has 1 heterocycles. The molecule has 8 heteroatoms. The van der Waals surface area contributed by atoms with Gasteiger partial charge in [0.15, 0.2) is 0 Å². The van der Waals surface area contributed by atoms with Crippen molar-refractivity contribution >= 4 is 29.3 Å². The van der Waals surface area contributed by atoms with E-state index in [9.17, 15) is 14.4 Å². The van der Waals surface area contributed by atoms with E-state index in [2.05, 4.69) is 10.6 Å². The fourth-order valence-corrected chi connectivity index (χ4v) is 3.76. The minimum absolute atomic E-state index is 0.0662. The third-order valence-corrected chi connectivity index (χ3v) is 5.65. The van der Waals surface area contributed by atoms with Crippen LogP contribution in [-0.2, 0) is 20.8 Å². The standard InChI is InChI=1S/C26H33N3O5/c1-17-21(24(31)33-5)7-6-8-22(17)28-20-11-9-18(10-12-20)15-27-23(30)19-13-14-29(16-19)25(32)34-26(2,3)4/h6-12,19,28H,13-16H2,1-5H3,(H,27,30). The lowest BCUT2D eigenvalue weighted by molar-refractivity contribution is -0.124. The van der Waals surface area contributed by atoms with Crippen molar-refractivity contribution in [2.75, 3.05) is 25.5 Å². The normalized spacial score (nSPS) is 15.6. The first-order valence-corrected chi connectivity index (χ1v) is 11.4. The summed E-state index contributed by atoms with van der Waals surface area (Å²) in [6.07, 6.45) is 0.246. The van der Waals surface area contributed by atoms with Crippen LogP contribution in [0.15, 0.2) is 42.5 Å². The number of rotatable bonds is 6. The van der Waals surface area contributed by atoms with Crippen molar-refractivity contribution in [2.24, 2.45) is 5.92 Å². The van der Waals surface area contributed by atoms with Gasteiger partial charge in [0.05, 0.1) is 18.6 Å². The number of hydrogen-bond acceptors (Lipinski definition) is 6. The summed E-state index contributed by atoms with van der Waals surface area (Å²) in [5.41, 5.74) is 3.41. The predicted molar refractivity (Wildman–Crippen MR) is 130 cm³/mol. The second-order valence-electron chi connectivity index (χ2n) is 9.42. The first-order valence-electron chi connectivity index (χ1n) is 11.4. The average molecular weight is 468 g/mol. The molecular weight excluding hydrogens is 434 g/mol. The molecule has 1 atom stereocenters. The summed E-state index contributed by atoms with van der Waals surface area (Å²) in [4.78, 5) is 38.3. The number of anilines is 2. The van der Waals surface area contributed by atoms with E-state index in [1.165, 1.54) is 7.11 Å². The Morgan fingerprint density at radius 2 is 1.79 bits per heavy atom. The molecule has 34 heavy (non-hydrogen) atoms. The van der Waals surface area contributed by atoms with Crippen molar-refractivity contribution in [2.45, 2.75) is 46.3 Å². The number of carbonyl (C=O) groups excluding carboxylic acids is 3. The number of carbonyl (C=O) groups is 3. The molecule has 2 aromatic carbocycles. The highest BCUT2D eigenvalue weighted by atomic mass is 16.6. The number of nitrogens with zero attached hydrogens (tertiary/aromatic N) is 1. The summed E-state index contributed by atoms with van der Waals surface area (Å²) in [5, 5.41) is 6.28. The molecule has 0 aliphatic carbocycles. The molecule has 1 fully saturated rings. The quantitative estimate of drug-likeness (QED) is 0.612. The minimum atomic E-state index is -0.554.